The molecule has 0 unspecified atom stereocenters. The second kappa shape index (κ2) is 16.0. The van der Waals surface area contributed by atoms with Gasteiger partial charge in [0.05, 0.1) is 0 Å². The average molecular weight is 937 g/mol. The molecule has 16 heteroatoms. The van der Waals surface area contributed by atoms with E-state index < -0.39 is 70.8 Å². The van der Waals surface area contributed by atoms with Gasteiger partial charge in [-0.2, -0.15) is 52.7 Å². The van der Waals surface area contributed by atoms with Crippen molar-refractivity contribution in [3.05, 3.63) is 23.3 Å². The highest BCUT2D eigenvalue weighted by Gasteiger charge is 2.66. The lowest BCUT2D eigenvalue weighted by Crippen LogP contribution is -2.56. The first-order valence-electron chi connectivity index (χ1n) is 23.6. The lowest BCUT2D eigenvalue weighted by Gasteiger charge is -2.59. The molecule has 368 valence electrons. The van der Waals surface area contributed by atoms with E-state index in [-0.39, 0.29) is 96.7 Å². The van der Waals surface area contributed by atoms with E-state index in [1.165, 1.54) is 13.8 Å². The second-order valence-corrected chi connectivity index (χ2v) is 23.1. The van der Waals surface area contributed by atoms with Crippen molar-refractivity contribution in [2.75, 3.05) is 0 Å². The third-order valence-electron chi connectivity index (χ3n) is 20.5. The van der Waals surface area contributed by atoms with Crippen molar-refractivity contribution in [1.29, 1.82) is 0 Å². The zero-order valence-corrected chi connectivity index (χ0v) is 37.7. The van der Waals surface area contributed by atoms with Gasteiger partial charge in [0.15, 0.2) is 23.4 Å². The molecule has 8 aliphatic carbocycles. The molecule has 64 heavy (non-hydrogen) atoms. The normalized spacial score (nSPS) is 46.5. The third kappa shape index (κ3) is 7.91. The number of allylic oxidation sites excluding steroid dienone is 2. The van der Waals surface area contributed by atoms with Gasteiger partial charge in [-0.25, -0.2) is 0 Å². The largest absolute Gasteiger partial charge is 0.417 e. The van der Waals surface area contributed by atoms with Crippen LogP contribution < -0.4 is 0 Å². The third-order valence-corrected chi connectivity index (χ3v) is 20.5. The summed E-state index contributed by atoms with van der Waals surface area (Å²) in [4.78, 5) is 0. The minimum Gasteiger partial charge on any atom is -0.383 e. The van der Waals surface area contributed by atoms with Crippen molar-refractivity contribution in [3.8, 4) is 0 Å². The van der Waals surface area contributed by atoms with Crippen LogP contribution in [0.4, 0.5) is 52.7 Å². The maximum Gasteiger partial charge on any atom is 0.417 e. The van der Waals surface area contributed by atoms with Gasteiger partial charge in [0.1, 0.15) is 0 Å². The molecule has 0 aromatic carbocycles. The smallest absolute Gasteiger partial charge is 0.383 e. The quantitative estimate of drug-likeness (QED) is 0.167. The fourth-order valence-corrected chi connectivity index (χ4v) is 16.6. The Morgan fingerprint density at radius 1 is 0.484 bits per heavy atom. The summed E-state index contributed by atoms with van der Waals surface area (Å²) in [6.45, 7) is 11.2. The first-order chi connectivity index (χ1) is 29.1. The van der Waals surface area contributed by atoms with Gasteiger partial charge in [-0.1, -0.05) is 64.8 Å². The van der Waals surface area contributed by atoms with Crippen LogP contribution in [0, 0.1) is 80.8 Å². The molecule has 0 bridgehead atoms. The van der Waals surface area contributed by atoms with Crippen LogP contribution in [0.2, 0.25) is 0 Å². The van der Waals surface area contributed by atoms with Crippen LogP contribution in [0.5, 0.6) is 0 Å². The molecule has 0 aromatic rings. The van der Waals surface area contributed by atoms with E-state index in [2.05, 4.69) is 13.8 Å². The molecule has 0 radical (unpaired) electrons. The molecule has 18 atom stereocenters. The molecule has 4 N–H and O–H groups in total. The summed E-state index contributed by atoms with van der Waals surface area (Å²) in [5, 5.41) is 40.4. The van der Waals surface area contributed by atoms with E-state index in [4.69, 9.17) is 0 Å². The summed E-state index contributed by atoms with van der Waals surface area (Å²) in [6.07, 6.45) is -13.3. The van der Waals surface area contributed by atoms with Gasteiger partial charge in [-0.15, -0.1) is 0 Å². The minimum absolute atomic E-state index is 0.181. The fraction of sp³-hybridized carbons (Fsp3) is 0.917. The standard InChI is InChI=1S/2C24H34F6O2/c2*1-13(19(31)23(25,26)27)16-6-7-17-15-5-4-14-12-22(32,24(28,29)30)11-10-20(14,2)18(15)8-9-21(16,17)3/h2*4,13,15-19,31-32H,5-12H2,1-3H3/t13-,15-,16+,17-,18-,19+,20-,21+,22-;13-,15-,16+,17-,18-,19-,20-,21+,22-/m00/s1. The summed E-state index contributed by atoms with van der Waals surface area (Å²) in [5.74, 6) is -1.03. The second-order valence-electron chi connectivity index (χ2n) is 23.1. The highest BCUT2D eigenvalue weighted by atomic mass is 19.4. The van der Waals surface area contributed by atoms with Gasteiger partial charge in [-0.05, 0) is 171 Å². The van der Waals surface area contributed by atoms with Crippen LogP contribution in [-0.2, 0) is 0 Å². The van der Waals surface area contributed by atoms with E-state index in [9.17, 15) is 73.1 Å². The molecule has 0 amide bonds. The zero-order chi connectivity index (χ0) is 47.8. The zero-order valence-electron chi connectivity index (χ0n) is 37.7. The van der Waals surface area contributed by atoms with Crippen LogP contribution in [0.15, 0.2) is 23.3 Å². The first kappa shape index (κ1) is 50.4. The molecule has 8 rings (SSSR count). The number of hydrogen-bond acceptors (Lipinski definition) is 4. The number of aliphatic hydroxyl groups excluding tert-OH is 2. The minimum atomic E-state index is -4.66. The summed E-state index contributed by atoms with van der Waals surface area (Å²) < 4.78 is 160. The average Bonchev–Trinajstić information content (AvgIpc) is 3.73. The molecule has 0 saturated heterocycles. The lowest BCUT2D eigenvalue weighted by atomic mass is 9.46. The molecular weight excluding hydrogens is 868 g/mol. The Balaban J connectivity index is 0.000000191. The van der Waals surface area contributed by atoms with Crippen LogP contribution in [0.1, 0.15) is 144 Å². The van der Waals surface area contributed by atoms with E-state index >= 15 is 0 Å². The van der Waals surface area contributed by atoms with Gasteiger partial charge < -0.3 is 20.4 Å². The number of hydrogen-bond donors (Lipinski definition) is 4. The van der Waals surface area contributed by atoms with E-state index in [1.807, 2.05) is 26.0 Å². The van der Waals surface area contributed by atoms with E-state index in [0.29, 0.717) is 36.8 Å². The van der Waals surface area contributed by atoms with Gasteiger partial charge in [0.25, 0.3) is 0 Å². The van der Waals surface area contributed by atoms with E-state index in [0.717, 1.165) is 38.5 Å². The molecule has 8 aliphatic rings. The Bertz CT molecular complexity index is 1680. The van der Waals surface area contributed by atoms with Crippen molar-refractivity contribution in [2.24, 2.45) is 80.8 Å². The topological polar surface area (TPSA) is 80.9 Å². The Hall–Kier alpha value is -1.52. The Morgan fingerprint density at radius 3 is 1.11 bits per heavy atom. The predicted molar refractivity (Wildman–Crippen MR) is 215 cm³/mol. The van der Waals surface area contributed by atoms with Crippen molar-refractivity contribution < 1.29 is 73.1 Å². The highest BCUT2D eigenvalue weighted by molar-refractivity contribution is 5.29. The van der Waals surface area contributed by atoms with Crippen molar-refractivity contribution >= 4 is 0 Å². The predicted octanol–water partition coefficient (Wildman–Crippen LogP) is 12.8. The van der Waals surface area contributed by atoms with Crippen molar-refractivity contribution in [3.63, 3.8) is 0 Å². The number of fused-ring (bicyclic) bond motifs is 10. The number of halogens is 12. The first-order valence-corrected chi connectivity index (χ1v) is 23.6. The number of rotatable bonds is 4. The Labute approximate surface area is 369 Å². The van der Waals surface area contributed by atoms with Crippen molar-refractivity contribution in [1.82, 2.24) is 0 Å². The molecule has 0 aliphatic heterocycles. The highest BCUT2D eigenvalue weighted by Crippen LogP contribution is 2.70. The SMILES string of the molecule is C[C@@H]([C@H]1CC[C@H]2[C@@H]3CC=C4C[C@](O)(C(F)(F)F)CC[C@]4(C)[C@H]3CC[C@]12C)[C@H](O)C(F)(F)F.C[C@H]([C@@H](O)C(F)(F)F)[C@H]1CC[C@H]2[C@@H]3CC=C4C[C@](O)(C(F)(F)F)CC[C@]4(C)[C@H]3CC[C@]12C. The maximum absolute atomic E-state index is 13.5. The molecule has 6 fully saturated rings. The molecule has 0 heterocycles. The van der Waals surface area contributed by atoms with E-state index in [1.54, 1.807) is 0 Å². The Kier molecular flexibility index (Phi) is 12.6. The van der Waals surface area contributed by atoms with Crippen LogP contribution in [0.3, 0.4) is 0 Å². The van der Waals surface area contributed by atoms with Crippen LogP contribution in [0.25, 0.3) is 0 Å². The van der Waals surface area contributed by atoms with Gasteiger partial charge in [0.2, 0.25) is 0 Å². The van der Waals surface area contributed by atoms with Crippen molar-refractivity contribution in [2.45, 2.75) is 192 Å². The molecule has 0 aromatic heterocycles. The van der Waals surface area contributed by atoms with Crippen LogP contribution in [-0.4, -0.2) is 68.5 Å². The molecule has 4 nitrogen and oxygen atoms in total. The fourth-order valence-electron chi connectivity index (χ4n) is 16.6. The number of aliphatic hydroxyl groups is 4. The molecule has 0 spiro atoms. The summed E-state index contributed by atoms with van der Waals surface area (Å²) in [7, 11) is 0. The maximum atomic E-state index is 13.5. The van der Waals surface area contributed by atoms with Gasteiger partial charge >= 0.3 is 24.7 Å². The van der Waals surface area contributed by atoms with Gasteiger partial charge in [-0.3, -0.25) is 0 Å². The monoisotopic (exact) mass is 936 g/mol. The molecular formula is C48H68F12O4. The Morgan fingerprint density at radius 2 is 0.812 bits per heavy atom. The molecule has 6 saturated carbocycles. The summed E-state index contributed by atoms with van der Waals surface area (Å²) >= 11 is 0. The summed E-state index contributed by atoms with van der Waals surface area (Å²) in [6, 6.07) is 0. The number of alkyl halides is 12. The lowest BCUT2D eigenvalue weighted by molar-refractivity contribution is -0.271. The van der Waals surface area contributed by atoms with Crippen LogP contribution >= 0.6 is 0 Å². The van der Waals surface area contributed by atoms with Gasteiger partial charge in [0, 0.05) is 12.8 Å². The summed E-state index contributed by atoms with van der Waals surface area (Å²) in [5.41, 5.74) is -5.38.